The molecule has 15 rings (SSSR count). The topological polar surface area (TPSA) is 269 Å². The number of carbonyl (C=O) groups excluding carboxylic acids is 8. The number of aliphatic hydroxyl groups is 2. The fourth-order valence-corrected chi connectivity index (χ4v) is 20.2. The minimum Gasteiger partial charge on any atom is -0.463 e. The standard InChI is InChI=1S/C22H38O6.C19H32O2.C18H26O6.C16H26O4.C13H24O2.10CH4/c1-7-21(5,6)19(24)25-15-17-13-16(14-18(23)28-20(2,3)4)26-22(27-17)11-9-8-10-12-22;1-6-18(4,5)17(20)21-19(12(2)3)15-8-13-7-14(10-15)11-16(19)9-13;1-4-18(2,3)17(21)22-9-14(19)24-15-11-5-10-6-12(8-11)16(20)23-13(15)7-10;1-4-13(2,3)12(17)20-16-7-11-5-14(18,9-16)8-15(19,6-11)10-16;1-5-12(3,4)11(14)15-13(6-2)9-7-8-10-13;;;;;;;;;;/h16-17H,7-15H2,1-6H3;12-16H,6-11H2,1-5H3;10-13,15H,4-9H2,1-3H3;11,18-19H,4-10H2,1-3H3;5-10H2,1-4H3;10*1H4. The third-order valence-electron chi connectivity index (χ3n) is 28.1. The molecule has 20 heteroatoms. The van der Waals surface area contributed by atoms with Gasteiger partial charge in [0.05, 0.1) is 62.8 Å². The van der Waals surface area contributed by atoms with E-state index in [-0.39, 0.29) is 188 Å². The van der Waals surface area contributed by atoms with Crippen LogP contribution in [0, 0.1) is 80.3 Å². The Labute approximate surface area is 722 Å². The first-order chi connectivity index (χ1) is 50.1. The molecular formula is C98H186O20. The van der Waals surface area contributed by atoms with Crippen molar-refractivity contribution in [1.29, 1.82) is 0 Å². The molecule has 3 saturated heterocycles. The van der Waals surface area contributed by atoms with Crippen molar-refractivity contribution < 1.29 is 95.9 Å². The molecule has 15 fully saturated rings. The Hall–Kier alpha value is -4.40. The molecule has 3 aliphatic heterocycles. The number of hydrogen-bond donors (Lipinski definition) is 2. The molecule has 9 unspecified atom stereocenters. The number of fused-ring (bicyclic) bond motifs is 1. The molecule has 15 aliphatic rings. The zero-order chi connectivity index (χ0) is 80.2. The van der Waals surface area contributed by atoms with Crippen molar-refractivity contribution in [3.8, 4) is 0 Å². The van der Waals surface area contributed by atoms with E-state index in [1.807, 2.05) is 104 Å². The highest BCUT2D eigenvalue weighted by Gasteiger charge is 2.66. The van der Waals surface area contributed by atoms with Gasteiger partial charge in [0.25, 0.3) is 0 Å². The maximum atomic E-state index is 12.8. The highest BCUT2D eigenvalue weighted by Crippen LogP contribution is 2.63. The van der Waals surface area contributed by atoms with E-state index < -0.39 is 62.5 Å². The Balaban J connectivity index is -0.00000139. The molecule has 20 nitrogen and oxygen atoms in total. The second kappa shape index (κ2) is 46.0. The molecule has 698 valence electrons. The molecule has 12 bridgehead atoms. The van der Waals surface area contributed by atoms with Crippen molar-refractivity contribution in [2.45, 2.75) is 489 Å². The maximum absolute atomic E-state index is 12.8. The van der Waals surface area contributed by atoms with Crippen molar-refractivity contribution in [3.05, 3.63) is 0 Å². The van der Waals surface area contributed by atoms with Gasteiger partial charge in [-0.2, -0.15) is 0 Å². The van der Waals surface area contributed by atoms with E-state index >= 15 is 0 Å². The van der Waals surface area contributed by atoms with Gasteiger partial charge in [0.1, 0.15) is 41.2 Å². The van der Waals surface area contributed by atoms with Gasteiger partial charge in [0, 0.05) is 44.4 Å². The molecule has 118 heavy (non-hydrogen) atoms. The zero-order valence-corrected chi connectivity index (χ0v) is 70.8. The molecule has 2 N–H and O–H groups in total. The van der Waals surface area contributed by atoms with Crippen LogP contribution < -0.4 is 0 Å². The predicted octanol–water partition coefficient (Wildman–Crippen LogP) is 23.8. The summed E-state index contributed by atoms with van der Waals surface area (Å²) in [6, 6.07) is 0. The summed E-state index contributed by atoms with van der Waals surface area (Å²) >= 11 is 0. The Morgan fingerprint density at radius 2 is 0.890 bits per heavy atom. The number of hydrogen-bond acceptors (Lipinski definition) is 20. The number of rotatable bonds is 22. The van der Waals surface area contributed by atoms with Crippen molar-refractivity contribution in [3.63, 3.8) is 0 Å². The fourth-order valence-electron chi connectivity index (χ4n) is 20.2. The van der Waals surface area contributed by atoms with Crippen LogP contribution in [-0.4, -0.2) is 135 Å². The second-order valence-electron chi connectivity index (χ2n) is 40.4. The van der Waals surface area contributed by atoms with E-state index in [1.165, 1.54) is 44.9 Å². The third-order valence-corrected chi connectivity index (χ3v) is 28.1. The van der Waals surface area contributed by atoms with Crippen molar-refractivity contribution in [1.82, 2.24) is 0 Å². The van der Waals surface area contributed by atoms with Gasteiger partial charge in [-0.15, -0.1) is 0 Å². The lowest BCUT2D eigenvalue weighted by Gasteiger charge is -2.62. The second-order valence-corrected chi connectivity index (χ2v) is 40.4. The normalized spacial score (nSPS) is 30.9. The van der Waals surface area contributed by atoms with E-state index in [4.69, 9.17) is 47.4 Å². The van der Waals surface area contributed by atoms with Crippen LogP contribution >= 0.6 is 0 Å². The minimum atomic E-state index is -0.842. The van der Waals surface area contributed by atoms with E-state index in [2.05, 4.69) is 27.7 Å². The highest BCUT2D eigenvalue weighted by atomic mass is 16.7. The van der Waals surface area contributed by atoms with Gasteiger partial charge >= 0.3 is 47.8 Å². The molecule has 0 amide bonds. The van der Waals surface area contributed by atoms with Crippen LogP contribution in [0.3, 0.4) is 0 Å². The number of carbonyl (C=O) groups is 8. The van der Waals surface area contributed by atoms with Gasteiger partial charge in [-0.1, -0.05) is 136 Å². The average Bonchev–Trinajstić information content (AvgIpc) is 0.817. The van der Waals surface area contributed by atoms with Gasteiger partial charge in [-0.3, -0.25) is 33.6 Å². The first-order valence-electron chi connectivity index (χ1n) is 42.6. The first kappa shape index (κ1) is 118. The average molecular weight is 1680 g/mol. The maximum Gasteiger partial charge on any atom is 0.344 e. The zero-order valence-electron chi connectivity index (χ0n) is 70.8. The molecule has 12 saturated carbocycles. The molecule has 0 radical (unpaired) electrons. The summed E-state index contributed by atoms with van der Waals surface area (Å²) in [5.74, 6) is 1.92. The van der Waals surface area contributed by atoms with E-state index in [0.717, 1.165) is 127 Å². The van der Waals surface area contributed by atoms with Gasteiger partial charge in [-0.05, 0) is 286 Å². The van der Waals surface area contributed by atoms with Crippen LogP contribution in [0.15, 0.2) is 0 Å². The smallest absolute Gasteiger partial charge is 0.344 e. The SMILES string of the molecule is C.C.C.C.C.C.C.C.C.C.CCC(C)(C)C(=O)OC1(C(C)C)C2CC3CC(C2)CC1C3.CCC(C)(C)C(=O)OC12CC3CC(O)(CC(O)(C3)C1)C2.CCC(C)(C)C(=O)OCC(=O)OC1C2CC3CC(C2)C(=O)OC1C3.CCC(C)(C)C(=O)OCC1CC(CC(=O)OC(C)(C)C)OC2(CCCCC2)O1.CCC1(OC(=O)C(C)(C)CC)CCCC1. The van der Waals surface area contributed by atoms with Crippen LogP contribution in [0.2, 0.25) is 0 Å². The summed E-state index contributed by atoms with van der Waals surface area (Å²) in [5, 5.41) is 21.3. The van der Waals surface area contributed by atoms with Crippen LogP contribution in [-0.2, 0) is 85.7 Å². The summed E-state index contributed by atoms with van der Waals surface area (Å²) in [4.78, 5) is 97.9. The van der Waals surface area contributed by atoms with Crippen LogP contribution in [0.1, 0.15) is 425 Å². The minimum absolute atomic E-state index is 0. The van der Waals surface area contributed by atoms with Gasteiger partial charge in [0.15, 0.2) is 12.4 Å². The Kier molecular flexibility index (Phi) is 45.9. The fraction of sp³-hybridized carbons (Fsp3) is 0.918. The van der Waals surface area contributed by atoms with Crippen LogP contribution in [0.5, 0.6) is 0 Å². The quantitative estimate of drug-likeness (QED) is 0.0753. The molecule has 9 atom stereocenters. The summed E-state index contributed by atoms with van der Waals surface area (Å²) in [6.07, 6.45) is 27.2. The molecule has 0 aromatic carbocycles. The highest BCUT2D eigenvalue weighted by molar-refractivity contribution is 5.80. The van der Waals surface area contributed by atoms with E-state index in [9.17, 15) is 48.6 Å². The van der Waals surface area contributed by atoms with Gasteiger partial charge in [-0.25, -0.2) is 4.79 Å². The van der Waals surface area contributed by atoms with E-state index in [0.29, 0.717) is 62.2 Å². The molecule has 12 aliphatic carbocycles. The largest absolute Gasteiger partial charge is 0.463 e. The lowest BCUT2D eigenvalue weighted by atomic mass is 9.47. The van der Waals surface area contributed by atoms with Crippen LogP contribution in [0.25, 0.3) is 0 Å². The summed E-state index contributed by atoms with van der Waals surface area (Å²) in [7, 11) is 0. The number of esters is 8. The molecule has 0 aromatic rings. The lowest BCUT2D eigenvalue weighted by Crippen LogP contribution is -2.67. The molecular weight excluding hydrogens is 1500 g/mol. The Morgan fingerprint density at radius 1 is 0.458 bits per heavy atom. The molecule has 1 spiro atoms. The summed E-state index contributed by atoms with van der Waals surface area (Å²) in [6.45, 7) is 41.1. The van der Waals surface area contributed by atoms with E-state index in [1.54, 1.807) is 13.8 Å². The first-order valence-corrected chi connectivity index (χ1v) is 42.6. The van der Waals surface area contributed by atoms with Gasteiger partial charge < -0.3 is 57.6 Å². The molecule has 0 aromatic heterocycles. The number of ether oxygens (including phenoxy) is 10. The van der Waals surface area contributed by atoms with Crippen molar-refractivity contribution in [2.75, 3.05) is 13.2 Å². The van der Waals surface area contributed by atoms with Crippen molar-refractivity contribution in [2.24, 2.45) is 80.3 Å². The molecule has 3 heterocycles. The summed E-state index contributed by atoms with van der Waals surface area (Å²) in [5.41, 5.74) is -5.47. The predicted molar refractivity (Wildman–Crippen MR) is 477 cm³/mol. The lowest BCUT2D eigenvalue weighted by molar-refractivity contribution is -0.333. The van der Waals surface area contributed by atoms with Crippen LogP contribution in [0.4, 0.5) is 0 Å². The van der Waals surface area contributed by atoms with Gasteiger partial charge in [0.2, 0.25) is 0 Å². The monoisotopic (exact) mass is 1680 g/mol. The summed E-state index contributed by atoms with van der Waals surface area (Å²) < 4.78 is 57.8. The Bertz CT molecular complexity index is 3060. The third kappa shape index (κ3) is 28.8. The Morgan fingerprint density at radius 3 is 1.34 bits per heavy atom. The van der Waals surface area contributed by atoms with Crippen molar-refractivity contribution >= 4 is 47.8 Å².